The van der Waals surface area contributed by atoms with Gasteiger partial charge in [0.05, 0.1) is 14.2 Å². The molecule has 0 heterocycles. The number of aliphatic carboxylic acids is 1. The van der Waals surface area contributed by atoms with Gasteiger partial charge in [0, 0.05) is 7.11 Å². The standard InChI is InChI=1S/C7H13NO5.C2HF3O2/c1-11-5(7(10)13-3)4(8)6(9)12-2;3-2(4,5)1(6)7/h4-5H,8H2,1-3H3;(H,6,7)/t4-,5-;/m1./s1. The predicted octanol–water partition coefficient (Wildman–Crippen LogP) is -0.692. The molecular formula is C9H14F3NO7. The van der Waals surface area contributed by atoms with Crippen molar-refractivity contribution in [1.29, 1.82) is 0 Å². The number of hydrogen-bond acceptors (Lipinski definition) is 7. The monoisotopic (exact) mass is 305 g/mol. The molecule has 0 saturated carbocycles. The smallest absolute Gasteiger partial charge is 0.475 e. The van der Waals surface area contributed by atoms with Crippen LogP contribution >= 0.6 is 0 Å². The number of carbonyl (C=O) groups is 3. The third kappa shape index (κ3) is 7.53. The van der Waals surface area contributed by atoms with Gasteiger partial charge in [-0.2, -0.15) is 13.2 Å². The van der Waals surface area contributed by atoms with Gasteiger partial charge in [-0.05, 0) is 0 Å². The van der Waals surface area contributed by atoms with Crippen molar-refractivity contribution in [2.75, 3.05) is 21.3 Å². The summed E-state index contributed by atoms with van der Waals surface area (Å²) in [6.07, 6.45) is -6.21. The summed E-state index contributed by atoms with van der Waals surface area (Å²) in [5.74, 6) is -4.19. The Kier molecular flexibility index (Phi) is 9.29. The number of ether oxygens (including phenoxy) is 3. The Hall–Kier alpha value is -1.88. The Morgan fingerprint density at radius 2 is 1.40 bits per heavy atom. The Morgan fingerprint density at radius 1 is 1.05 bits per heavy atom. The molecule has 8 nitrogen and oxygen atoms in total. The highest BCUT2D eigenvalue weighted by Gasteiger charge is 2.38. The van der Waals surface area contributed by atoms with Crippen molar-refractivity contribution in [3.8, 4) is 0 Å². The molecule has 0 spiro atoms. The van der Waals surface area contributed by atoms with Gasteiger partial charge in [0.15, 0.2) is 6.10 Å². The van der Waals surface area contributed by atoms with Crippen LogP contribution in [0.1, 0.15) is 0 Å². The fraction of sp³-hybridized carbons (Fsp3) is 0.667. The number of methoxy groups -OCH3 is 3. The van der Waals surface area contributed by atoms with E-state index in [2.05, 4.69) is 14.2 Å². The van der Waals surface area contributed by atoms with Crippen LogP contribution in [0.25, 0.3) is 0 Å². The summed E-state index contributed by atoms with van der Waals surface area (Å²) < 4.78 is 45.1. The van der Waals surface area contributed by atoms with Crippen LogP contribution in [0.2, 0.25) is 0 Å². The van der Waals surface area contributed by atoms with Crippen LogP contribution in [0.4, 0.5) is 13.2 Å². The zero-order valence-corrected chi connectivity index (χ0v) is 10.8. The molecule has 0 rings (SSSR count). The van der Waals surface area contributed by atoms with Crippen molar-refractivity contribution >= 4 is 17.9 Å². The average molecular weight is 305 g/mol. The quantitative estimate of drug-likeness (QED) is 0.654. The minimum Gasteiger partial charge on any atom is -0.475 e. The summed E-state index contributed by atoms with van der Waals surface area (Å²) in [6, 6.07) is -1.16. The van der Waals surface area contributed by atoms with E-state index in [1.807, 2.05) is 0 Å². The van der Waals surface area contributed by atoms with Gasteiger partial charge in [0.1, 0.15) is 6.04 Å². The average Bonchev–Trinajstić information content (AvgIpc) is 2.37. The minimum absolute atomic E-state index is 0.708. The highest BCUT2D eigenvalue weighted by atomic mass is 19.4. The largest absolute Gasteiger partial charge is 0.490 e. The number of carboxylic acids is 1. The zero-order chi connectivity index (χ0) is 16.5. The molecule has 0 radical (unpaired) electrons. The summed E-state index contributed by atoms with van der Waals surface area (Å²) in [4.78, 5) is 30.8. The van der Waals surface area contributed by atoms with E-state index in [1.54, 1.807) is 0 Å². The van der Waals surface area contributed by atoms with Crippen molar-refractivity contribution in [1.82, 2.24) is 0 Å². The molecule has 0 aliphatic carbocycles. The van der Waals surface area contributed by atoms with E-state index < -0.39 is 36.2 Å². The molecule has 0 fully saturated rings. The van der Waals surface area contributed by atoms with Crippen LogP contribution in [-0.4, -0.2) is 62.7 Å². The number of hydrogen-bond donors (Lipinski definition) is 2. The summed E-state index contributed by atoms with van der Waals surface area (Å²) in [5.41, 5.74) is 5.36. The van der Waals surface area contributed by atoms with Crippen molar-refractivity contribution in [2.24, 2.45) is 5.73 Å². The lowest BCUT2D eigenvalue weighted by Crippen LogP contribution is -2.48. The second kappa shape index (κ2) is 9.09. The van der Waals surface area contributed by atoms with Gasteiger partial charge in [-0.3, -0.25) is 4.79 Å². The molecule has 0 bridgehead atoms. The maximum absolute atomic E-state index is 11.0. The number of alkyl halides is 3. The molecule has 118 valence electrons. The van der Waals surface area contributed by atoms with Crippen molar-refractivity contribution in [2.45, 2.75) is 18.3 Å². The van der Waals surface area contributed by atoms with E-state index in [0.717, 1.165) is 0 Å². The Balaban J connectivity index is 0. The second-order valence-corrected chi connectivity index (χ2v) is 3.03. The summed E-state index contributed by atoms with van der Waals surface area (Å²) in [6.45, 7) is 0. The van der Waals surface area contributed by atoms with Crippen LogP contribution in [-0.2, 0) is 28.6 Å². The van der Waals surface area contributed by atoms with E-state index >= 15 is 0 Å². The van der Waals surface area contributed by atoms with E-state index in [1.165, 1.54) is 21.3 Å². The van der Waals surface area contributed by atoms with E-state index in [4.69, 9.17) is 15.6 Å². The molecule has 0 unspecified atom stereocenters. The molecule has 20 heavy (non-hydrogen) atoms. The van der Waals surface area contributed by atoms with E-state index in [-0.39, 0.29) is 0 Å². The summed E-state index contributed by atoms with van der Waals surface area (Å²) in [7, 11) is 3.61. The fourth-order valence-electron chi connectivity index (χ4n) is 0.765. The number of halogens is 3. The molecule has 2 atom stereocenters. The molecule has 0 aliphatic rings. The summed E-state index contributed by atoms with van der Waals surface area (Å²) in [5, 5.41) is 7.12. The first-order valence-corrected chi connectivity index (χ1v) is 4.77. The predicted molar refractivity (Wildman–Crippen MR) is 56.5 cm³/mol. The molecule has 0 aromatic heterocycles. The lowest BCUT2D eigenvalue weighted by atomic mass is 10.2. The lowest BCUT2D eigenvalue weighted by Gasteiger charge is -2.17. The maximum atomic E-state index is 11.0. The number of nitrogens with two attached hydrogens (primary N) is 1. The van der Waals surface area contributed by atoms with Crippen molar-refractivity contribution in [3.05, 3.63) is 0 Å². The Bertz CT molecular complexity index is 345. The number of carbonyl (C=O) groups excluding carboxylic acids is 2. The second-order valence-electron chi connectivity index (χ2n) is 3.03. The third-order valence-corrected chi connectivity index (χ3v) is 1.73. The first kappa shape index (κ1) is 20.4. The van der Waals surface area contributed by atoms with Gasteiger partial charge in [-0.15, -0.1) is 0 Å². The fourth-order valence-corrected chi connectivity index (χ4v) is 0.765. The highest BCUT2D eigenvalue weighted by molar-refractivity contribution is 5.86. The number of esters is 2. The molecule has 0 aliphatic heterocycles. The normalized spacial score (nSPS) is 13.3. The topological polar surface area (TPSA) is 125 Å². The van der Waals surface area contributed by atoms with Gasteiger partial charge < -0.3 is 25.1 Å². The maximum Gasteiger partial charge on any atom is 0.490 e. The molecule has 0 amide bonds. The minimum atomic E-state index is -5.08. The van der Waals surface area contributed by atoms with E-state index in [0.29, 0.717) is 0 Å². The van der Waals surface area contributed by atoms with Crippen LogP contribution < -0.4 is 5.73 Å². The number of carboxylic acid groups (broad SMARTS) is 1. The molecule has 11 heteroatoms. The Labute approximate surface area is 111 Å². The first-order valence-electron chi connectivity index (χ1n) is 4.77. The van der Waals surface area contributed by atoms with Crippen LogP contribution in [0.3, 0.4) is 0 Å². The van der Waals surface area contributed by atoms with Gasteiger partial charge in [-0.1, -0.05) is 0 Å². The SMILES string of the molecule is COC(=O)[C@H](N)[C@@H](OC)C(=O)OC.O=C(O)C(F)(F)F. The zero-order valence-electron chi connectivity index (χ0n) is 10.8. The molecular weight excluding hydrogens is 291 g/mol. The first-order chi connectivity index (χ1) is 9.02. The third-order valence-electron chi connectivity index (χ3n) is 1.73. The molecule has 0 saturated heterocycles. The van der Waals surface area contributed by atoms with Crippen LogP contribution in [0, 0.1) is 0 Å². The Morgan fingerprint density at radius 3 is 1.60 bits per heavy atom. The van der Waals surface area contributed by atoms with Gasteiger partial charge in [-0.25, -0.2) is 9.59 Å². The molecule has 3 N–H and O–H groups in total. The van der Waals surface area contributed by atoms with Crippen LogP contribution in [0.5, 0.6) is 0 Å². The van der Waals surface area contributed by atoms with E-state index in [9.17, 15) is 22.8 Å². The molecule has 0 aromatic rings. The highest BCUT2D eigenvalue weighted by Crippen LogP contribution is 2.13. The lowest BCUT2D eigenvalue weighted by molar-refractivity contribution is -0.192. The van der Waals surface area contributed by atoms with Gasteiger partial charge in [0.25, 0.3) is 0 Å². The van der Waals surface area contributed by atoms with Crippen molar-refractivity contribution < 1.29 is 46.9 Å². The van der Waals surface area contributed by atoms with Gasteiger partial charge in [0.2, 0.25) is 0 Å². The molecule has 0 aromatic carbocycles. The summed E-state index contributed by atoms with van der Waals surface area (Å²) >= 11 is 0. The number of rotatable bonds is 4. The van der Waals surface area contributed by atoms with Crippen LogP contribution in [0.15, 0.2) is 0 Å². The van der Waals surface area contributed by atoms with Crippen molar-refractivity contribution in [3.63, 3.8) is 0 Å². The van der Waals surface area contributed by atoms with Gasteiger partial charge >= 0.3 is 24.1 Å².